The number of benzene rings is 2. The summed E-state index contributed by atoms with van der Waals surface area (Å²) < 4.78 is 16.7. The number of aryl methyl sites for hydroxylation is 1. The number of carbonyl (C=O) groups excluding carboxylic acids is 1. The highest BCUT2D eigenvalue weighted by Gasteiger charge is 2.22. The summed E-state index contributed by atoms with van der Waals surface area (Å²) in [6.45, 7) is 7.60. The monoisotopic (exact) mass is 461 g/mol. The van der Waals surface area contributed by atoms with E-state index in [9.17, 15) is 4.79 Å². The minimum absolute atomic E-state index is 0.0185. The van der Waals surface area contributed by atoms with Gasteiger partial charge in [0.15, 0.2) is 17.3 Å². The van der Waals surface area contributed by atoms with Gasteiger partial charge in [-0.2, -0.15) is 4.98 Å². The Morgan fingerprint density at radius 2 is 1.82 bits per heavy atom. The van der Waals surface area contributed by atoms with Crippen LogP contribution in [0.4, 0.5) is 5.69 Å². The SMILES string of the molecule is CC(C)(C)c1noc(CCCC(=O)N(C/C=C/c2ccccc2)c2ccc3c(c2)OCCO3)n1. The van der Waals surface area contributed by atoms with E-state index < -0.39 is 0 Å². The molecule has 0 saturated carbocycles. The van der Waals surface area contributed by atoms with Crippen LogP contribution in [-0.4, -0.2) is 35.8 Å². The molecule has 1 aliphatic heterocycles. The Hall–Kier alpha value is -3.61. The maximum atomic E-state index is 13.3. The van der Waals surface area contributed by atoms with Gasteiger partial charge in [0.05, 0.1) is 0 Å². The molecule has 178 valence electrons. The van der Waals surface area contributed by atoms with Crippen molar-refractivity contribution in [2.75, 3.05) is 24.7 Å². The molecule has 0 radical (unpaired) electrons. The summed E-state index contributed by atoms with van der Waals surface area (Å²) in [6, 6.07) is 15.7. The van der Waals surface area contributed by atoms with Gasteiger partial charge >= 0.3 is 0 Å². The molecule has 0 unspecified atom stereocenters. The van der Waals surface area contributed by atoms with E-state index in [4.69, 9.17) is 14.0 Å². The predicted molar refractivity (Wildman–Crippen MR) is 131 cm³/mol. The summed E-state index contributed by atoms with van der Waals surface area (Å²) in [7, 11) is 0. The molecule has 0 atom stereocenters. The lowest BCUT2D eigenvalue weighted by Gasteiger charge is -2.24. The maximum absolute atomic E-state index is 13.3. The fourth-order valence-corrected chi connectivity index (χ4v) is 3.60. The lowest BCUT2D eigenvalue weighted by molar-refractivity contribution is -0.118. The molecule has 7 nitrogen and oxygen atoms in total. The number of hydrogen-bond acceptors (Lipinski definition) is 6. The number of rotatable bonds is 8. The molecule has 34 heavy (non-hydrogen) atoms. The summed E-state index contributed by atoms with van der Waals surface area (Å²) in [6.07, 6.45) is 5.56. The number of anilines is 1. The van der Waals surface area contributed by atoms with Crippen LogP contribution in [0, 0.1) is 0 Å². The Balaban J connectivity index is 1.45. The van der Waals surface area contributed by atoms with Crippen molar-refractivity contribution < 1.29 is 18.8 Å². The number of hydrogen-bond donors (Lipinski definition) is 0. The van der Waals surface area contributed by atoms with Crippen LogP contribution in [0.3, 0.4) is 0 Å². The molecule has 4 rings (SSSR count). The van der Waals surface area contributed by atoms with Gasteiger partial charge in [0.1, 0.15) is 13.2 Å². The van der Waals surface area contributed by atoms with Crippen LogP contribution in [0.25, 0.3) is 6.08 Å². The highest BCUT2D eigenvalue weighted by molar-refractivity contribution is 5.94. The van der Waals surface area contributed by atoms with E-state index in [0.29, 0.717) is 62.2 Å². The average molecular weight is 462 g/mol. The van der Waals surface area contributed by atoms with Gasteiger partial charge in [-0.15, -0.1) is 0 Å². The highest BCUT2D eigenvalue weighted by atomic mass is 16.6. The minimum Gasteiger partial charge on any atom is -0.486 e. The van der Waals surface area contributed by atoms with Gasteiger partial charge in [-0.3, -0.25) is 4.79 Å². The maximum Gasteiger partial charge on any atom is 0.227 e. The highest BCUT2D eigenvalue weighted by Crippen LogP contribution is 2.34. The van der Waals surface area contributed by atoms with Crippen molar-refractivity contribution in [2.24, 2.45) is 0 Å². The van der Waals surface area contributed by atoms with Crippen LogP contribution in [0.15, 0.2) is 59.1 Å². The van der Waals surface area contributed by atoms with Crippen molar-refractivity contribution in [3.8, 4) is 11.5 Å². The summed E-state index contributed by atoms with van der Waals surface area (Å²) in [5, 5.41) is 4.06. The van der Waals surface area contributed by atoms with Crippen molar-refractivity contribution in [1.29, 1.82) is 0 Å². The molecule has 0 fully saturated rings. The summed E-state index contributed by atoms with van der Waals surface area (Å²) in [5.74, 6) is 2.62. The molecular weight excluding hydrogens is 430 g/mol. The van der Waals surface area contributed by atoms with Crippen LogP contribution >= 0.6 is 0 Å². The number of carbonyl (C=O) groups is 1. The summed E-state index contributed by atoms with van der Waals surface area (Å²) in [5.41, 5.74) is 1.69. The molecule has 0 saturated heterocycles. The minimum atomic E-state index is -0.169. The molecular formula is C27H31N3O4. The van der Waals surface area contributed by atoms with Gasteiger partial charge in [-0.05, 0) is 24.1 Å². The van der Waals surface area contributed by atoms with Crippen molar-refractivity contribution >= 4 is 17.7 Å². The van der Waals surface area contributed by atoms with E-state index in [0.717, 1.165) is 11.3 Å². The molecule has 0 spiro atoms. The molecule has 2 aromatic carbocycles. The van der Waals surface area contributed by atoms with E-state index in [1.165, 1.54) is 0 Å². The topological polar surface area (TPSA) is 77.7 Å². The van der Waals surface area contributed by atoms with Crippen molar-refractivity contribution in [3.05, 3.63) is 71.9 Å². The van der Waals surface area contributed by atoms with Gasteiger partial charge < -0.3 is 18.9 Å². The zero-order valence-corrected chi connectivity index (χ0v) is 20.0. The molecule has 1 aromatic heterocycles. The van der Waals surface area contributed by atoms with E-state index in [1.807, 2.05) is 81.5 Å². The Morgan fingerprint density at radius 3 is 2.56 bits per heavy atom. The van der Waals surface area contributed by atoms with Crippen molar-refractivity contribution in [2.45, 2.75) is 45.4 Å². The van der Waals surface area contributed by atoms with Crippen LogP contribution in [0.1, 0.15) is 50.9 Å². The first-order valence-corrected chi connectivity index (χ1v) is 11.6. The first-order chi connectivity index (χ1) is 16.4. The van der Waals surface area contributed by atoms with Gasteiger partial charge in [-0.25, -0.2) is 0 Å². The van der Waals surface area contributed by atoms with Gasteiger partial charge in [0, 0.05) is 36.6 Å². The molecule has 1 aliphatic rings. The number of ether oxygens (including phenoxy) is 2. The fourth-order valence-electron chi connectivity index (χ4n) is 3.60. The van der Waals surface area contributed by atoms with Crippen LogP contribution in [0.5, 0.6) is 11.5 Å². The van der Waals surface area contributed by atoms with E-state index >= 15 is 0 Å². The van der Waals surface area contributed by atoms with Crippen LogP contribution in [-0.2, 0) is 16.6 Å². The summed E-state index contributed by atoms with van der Waals surface area (Å²) in [4.78, 5) is 19.5. The van der Waals surface area contributed by atoms with Crippen molar-refractivity contribution in [3.63, 3.8) is 0 Å². The Kier molecular flexibility index (Phi) is 7.30. The summed E-state index contributed by atoms with van der Waals surface area (Å²) >= 11 is 0. The number of nitrogens with zero attached hydrogens (tertiary/aromatic N) is 3. The quantitative estimate of drug-likeness (QED) is 0.458. The van der Waals surface area contributed by atoms with E-state index in [2.05, 4.69) is 10.1 Å². The number of aromatic nitrogens is 2. The lowest BCUT2D eigenvalue weighted by Crippen LogP contribution is -2.31. The van der Waals surface area contributed by atoms with Gasteiger partial charge in [0.25, 0.3) is 0 Å². The smallest absolute Gasteiger partial charge is 0.227 e. The Bertz CT molecular complexity index is 1130. The third-order valence-electron chi connectivity index (χ3n) is 5.46. The Morgan fingerprint density at radius 1 is 1.06 bits per heavy atom. The molecule has 2 heterocycles. The zero-order valence-electron chi connectivity index (χ0n) is 20.0. The second-order valence-corrected chi connectivity index (χ2v) is 9.26. The zero-order chi connectivity index (χ0) is 24.0. The normalized spacial score (nSPS) is 13.3. The van der Waals surface area contributed by atoms with Crippen LogP contribution in [0.2, 0.25) is 0 Å². The standard InChI is InChI=1S/C27H31N3O4/c1-27(2,3)26-28-24(34-29-26)12-7-13-25(31)30(16-8-11-20-9-5-4-6-10-20)21-14-15-22-23(19-21)33-18-17-32-22/h4-6,8-11,14-15,19H,7,12-13,16-18H2,1-3H3/b11-8+. The average Bonchev–Trinajstić information content (AvgIpc) is 3.32. The third-order valence-corrected chi connectivity index (χ3v) is 5.46. The van der Waals surface area contributed by atoms with Gasteiger partial charge in [0.2, 0.25) is 11.8 Å². The lowest BCUT2D eigenvalue weighted by atomic mass is 9.96. The van der Waals surface area contributed by atoms with E-state index in [-0.39, 0.29) is 11.3 Å². The number of amides is 1. The fraction of sp³-hybridized carbons (Fsp3) is 0.370. The second kappa shape index (κ2) is 10.5. The van der Waals surface area contributed by atoms with Crippen LogP contribution < -0.4 is 14.4 Å². The van der Waals surface area contributed by atoms with Crippen molar-refractivity contribution in [1.82, 2.24) is 10.1 Å². The second-order valence-electron chi connectivity index (χ2n) is 9.26. The van der Waals surface area contributed by atoms with E-state index in [1.54, 1.807) is 4.90 Å². The molecule has 7 heteroatoms. The molecule has 0 bridgehead atoms. The van der Waals surface area contributed by atoms with Gasteiger partial charge in [-0.1, -0.05) is 68.4 Å². The largest absolute Gasteiger partial charge is 0.486 e. The third kappa shape index (κ3) is 6.04. The Labute approximate surface area is 200 Å². The first-order valence-electron chi connectivity index (χ1n) is 11.6. The first kappa shape index (κ1) is 23.5. The molecule has 1 amide bonds. The molecule has 0 N–H and O–H groups in total. The predicted octanol–water partition coefficient (Wildman–Crippen LogP) is 5.21. The molecule has 3 aromatic rings. The molecule has 0 aliphatic carbocycles. The number of fused-ring (bicyclic) bond motifs is 1.